The molecule has 0 aromatic carbocycles. The third kappa shape index (κ3) is 5.04. The molecule has 0 aromatic heterocycles. The zero-order chi connectivity index (χ0) is 14.8. The van der Waals surface area contributed by atoms with Crippen LogP contribution in [0.3, 0.4) is 0 Å². The molecule has 1 N–H and O–H groups in total. The Labute approximate surface area is 126 Å². The lowest BCUT2D eigenvalue weighted by molar-refractivity contribution is -0.0655. The monoisotopic (exact) mass is 281 g/mol. The van der Waals surface area contributed by atoms with Crippen LogP contribution in [0.5, 0.6) is 0 Å². The number of ether oxygens (including phenoxy) is 1. The summed E-state index contributed by atoms with van der Waals surface area (Å²) in [5.41, 5.74) is 0.255. The van der Waals surface area contributed by atoms with Crippen molar-refractivity contribution >= 4 is 0 Å². The van der Waals surface area contributed by atoms with Crippen LogP contribution in [0.4, 0.5) is 0 Å². The average molecular weight is 281 g/mol. The molecule has 2 aliphatic carbocycles. The van der Waals surface area contributed by atoms with Gasteiger partial charge in [0.05, 0.1) is 12.7 Å². The van der Waals surface area contributed by atoms with E-state index in [4.69, 9.17) is 4.74 Å². The van der Waals surface area contributed by atoms with Crippen LogP contribution >= 0.6 is 0 Å². The van der Waals surface area contributed by atoms with E-state index in [9.17, 15) is 0 Å². The molecule has 2 saturated carbocycles. The molecule has 2 fully saturated rings. The summed E-state index contributed by atoms with van der Waals surface area (Å²) >= 11 is 0. The highest BCUT2D eigenvalue weighted by Gasteiger charge is 2.33. The van der Waals surface area contributed by atoms with Crippen molar-refractivity contribution in [3.8, 4) is 0 Å². The van der Waals surface area contributed by atoms with Crippen molar-refractivity contribution < 1.29 is 4.74 Å². The van der Waals surface area contributed by atoms with Gasteiger partial charge >= 0.3 is 0 Å². The van der Waals surface area contributed by atoms with Gasteiger partial charge in [-0.15, -0.1) is 0 Å². The first-order valence-corrected chi connectivity index (χ1v) is 8.72. The molecular formula is C18H35NO. The summed E-state index contributed by atoms with van der Waals surface area (Å²) in [4.78, 5) is 0. The SMILES string of the molecule is CC1CCC(C(C)C)C(OCC(C)(C)CNC2CC2)C1. The van der Waals surface area contributed by atoms with Gasteiger partial charge < -0.3 is 10.1 Å². The van der Waals surface area contributed by atoms with Crippen LogP contribution < -0.4 is 5.32 Å². The smallest absolute Gasteiger partial charge is 0.0608 e. The number of hydrogen-bond donors (Lipinski definition) is 1. The van der Waals surface area contributed by atoms with E-state index in [2.05, 4.69) is 39.9 Å². The Morgan fingerprint density at radius 2 is 1.85 bits per heavy atom. The number of hydrogen-bond acceptors (Lipinski definition) is 2. The second-order valence-electron chi connectivity index (χ2n) is 8.49. The molecule has 0 heterocycles. The van der Waals surface area contributed by atoms with E-state index in [1.54, 1.807) is 0 Å². The third-order valence-corrected chi connectivity index (χ3v) is 5.10. The first kappa shape index (κ1) is 16.3. The quantitative estimate of drug-likeness (QED) is 0.753. The number of nitrogens with one attached hydrogen (secondary N) is 1. The lowest BCUT2D eigenvalue weighted by Crippen LogP contribution is -2.39. The first-order valence-electron chi connectivity index (χ1n) is 8.72. The summed E-state index contributed by atoms with van der Waals surface area (Å²) in [6.07, 6.45) is 7.21. The van der Waals surface area contributed by atoms with Crippen molar-refractivity contribution in [1.29, 1.82) is 0 Å². The summed E-state index contributed by atoms with van der Waals surface area (Å²) < 4.78 is 6.40. The van der Waals surface area contributed by atoms with Gasteiger partial charge in [-0.05, 0) is 43.4 Å². The summed E-state index contributed by atoms with van der Waals surface area (Å²) in [6, 6.07) is 0.799. The van der Waals surface area contributed by atoms with E-state index in [0.29, 0.717) is 6.10 Å². The maximum atomic E-state index is 6.40. The van der Waals surface area contributed by atoms with Gasteiger partial charge in [-0.3, -0.25) is 0 Å². The molecule has 2 nitrogen and oxygen atoms in total. The Kier molecular flexibility index (Phi) is 5.53. The summed E-state index contributed by atoms with van der Waals surface area (Å²) in [5, 5.41) is 3.65. The second-order valence-corrected chi connectivity index (χ2v) is 8.49. The molecule has 118 valence electrons. The maximum absolute atomic E-state index is 6.40. The lowest BCUT2D eigenvalue weighted by Gasteiger charge is -2.39. The van der Waals surface area contributed by atoms with Gasteiger partial charge in [0, 0.05) is 18.0 Å². The van der Waals surface area contributed by atoms with Crippen molar-refractivity contribution in [3.63, 3.8) is 0 Å². The zero-order valence-corrected chi connectivity index (χ0v) is 14.2. The Morgan fingerprint density at radius 3 is 2.45 bits per heavy atom. The van der Waals surface area contributed by atoms with Crippen molar-refractivity contribution in [2.24, 2.45) is 23.2 Å². The molecule has 2 aliphatic rings. The van der Waals surface area contributed by atoms with E-state index in [1.807, 2.05) is 0 Å². The fourth-order valence-electron chi connectivity index (χ4n) is 3.40. The van der Waals surface area contributed by atoms with E-state index >= 15 is 0 Å². The van der Waals surface area contributed by atoms with Crippen LogP contribution in [0, 0.1) is 23.2 Å². The molecule has 0 radical (unpaired) electrons. The van der Waals surface area contributed by atoms with Gasteiger partial charge in [0.25, 0.3) is 0 Å². The molecule has 0 amide bonds. The molecule has 0 aromatic rings. The normalized spacial score (nSPS) is 31.8. The molecule has 2 heteroatoms. The van der Waals surface area contributed by atoms with Crippen molar-refractivity contribution in [2.75, 3.05) is 13.2 Å². The van der Waals surface area contributed by atoms with Gasteiger partial charge in [-0.2, -0.15) is 0 Å². The van der Waals surface area contributed by atoms with E-state index < -0.39 is 0 Å². The molecule has 0 spiro atoms. The Balaban J connectivity index is 1.79. The molecule has 2 rings (SSSR count). The van der Waals surface area contributed by atoms with Gasteiger partial charge in [0.1, 0.15) is 0 Å². The summed E-state index contributed by atoms with van der Waals surface area (Å²) in [7, 11) is 0. The number of rotatable bonds is 7. The van der Waals surface area contributed by atoms with Crippen LogP contribution in [0.2, 0.25) is 0 Å². The summed E-state index contributed by atoms with van der Waals surface area (Å²) in [6.45, 7) is 13.7. The zero-order valence-electron chi connectivity index (χ0n) is 14.2. The predicted octanol–water partition coefficient (Wildman–Crippen LogP) is 4.24. The largest absolute Gasteiger partial charge is 0.377 e. The van der Waals surface area contributed by atoms with Crippen LogP contribution in [-0.2, 0) is 4.74 Å². The van der Waals surface area contributed by atoms with Crippen LogP contribution in [0.1, 0.15) is 66.7 Å². The van der Waals surface area contributed by atoms with E-state index in [1.165, 1.54) is 32.1 Å². The lowest BCUT2D eigenvalue weighted by atomic mass is 9.75. The Bertz CT molecular complexity index is 296. The Morgan fingerprint density at radius 1 is 1.15 bits per heavy atom. The fraction of sp³-hybridized carbons (Fsp3) is 1.00. The standard InChI is InChI=1S/C18H35NO/c1-13(2)16-9-6-14(3)10-17(16)20-12-18(4,5)11-19-15-7-8-15/h13-17,19H,6-12H2,1-5H3. The van der Waals surface area contributed by atoms with Crippen LogP contribution in [-0.4, -0.2) is 25.3 Å². The minimum atomic E-state index is 0.255. The minimum absolute atomic E-state index is 0.255. The average Bonchev–Trinajstić information content (AvgIpc) is 3.18. The van der Waals surface area contributed by atoms with Crippen molar-refractivity contribution in [2.45, 2.75) is 78.9 Å². The van der Waals surface area contributed by atoms with Gasteiger partial charge in [0.15, 0.2) is 0 Å². The van der Waals surface area contributed by atoms with Crippen molar-refractivity contribution in [3.05, 3.63) is 0 Å². The highest BCUT2D eigenvalue weighted by Crippen LogP contribution is 2.36. The van der Waals surface area contributed by atoms with Gasteiger partial charge in [-0.1, -0.05) is 41.0 Å². The third-order valence-electron chi connectivity index (χ3n) is 5.10. The fourth-order valence-corrected chi connectivity index (χ4v) is 3.40. The van der Waals surface area contributed by atoms with Gasteiger partial charge in [-0.25, -0.2) is 0 Å². The van der Waals surface area contributed by atoms with Gasteiger partial charge in [0.2, 0.25) is 0 Å². The molecule has 3 atom stereocenters. The Hall–Kier alpha value is -0.0800. The van der Waals surface area contributed by atoms with Crippen LogP contribution in [0.25, 0.3) is 0 Å². The molecule has 20 heavy (non-hydrogen) atoms. The molecule has 0 aliphatic heterocycles. The topological polar surface area (TPSA) is 21.3 Å². The molecule has 0 saturated heterocycles. The maximum Gasteiger partial charge on any atom is 0.0608 e. The highest BCUT2D eigenvalue weighted by molar-refractivity contribution is 4.85. The highest BCUT2D eigenvalue weighted by atomic mass is 16.5. The van der Waals surface area contributed by atoms with Crippen molar-refractivity contribution in [1.82, 2.24) is 5.32 Å². The van der Waals surface area contributed by atoms with E-state index in [0.717, 1.165) is 36.9 Å². The molecule has 3 unspecified atom stereocenters. The van der Waals surface area contributed by atoms with E-state index in [-0.39, 0.29) is 5.41 Å². The van der Waals surface area contributed by atoms with Crippen LogP contribution in [0.15, 0.2) is 0 Å². The molecular weight excluding hydrogens is 246 g/mol. The minimum Gasteiger partial charge on any atom is -0.377 e. The second kappa shape index (κ2) is 6.79. The summed E-state index contributed by atoms with van der Waals surface area (Å²) in [5.74, 6) is 2.35. The first-order chi connectivity index (χ1) is 9.37. The predicted molar refractivity (Wildman–Crippen MR) is 85.9 cm³/mol. The molecule has 0 bridgehead atoms.